The second-order valence-electron chi connectivity index (χ2n) is 5.65. The fourth-order valence-corrected chi connectivity index (χ4v) is 2.58. The summed E-state index contributed by atoms with van der Waals surface area (Å²) in [5, 5.41) is 3.42. The van der Waals surface area contributed by atoms with Gasteiger partial charge in [-0.1, -0.05) is 32.0 Å². The number of para-hydroxylation sites is 1. The van der Waals surface area contributed by atoms with E-state index in [1.54, 1.807) is 0 Å². The third-order valence-electron chi connectivity index (χ3n) is 3.67. The van der Waals surface area contributed by atoms with Gasteiger partial charge in [-0.05, 0) is 44.0 Å². The molecule has 0 bridgehead atoms. The Morgan fingerprint density at radius 2 is 2.11 bits per heavy atom. The van der Waals surface area contributed by atoms with Gasteiger partial charge in [0.05, 0.1) is 0 Å². The molecule has 104 valence electrons. The van der Waals surface area contributed by atoms with Crippen molar-refractivity contribution in [3.05, 3.63) is 30.3 Å². The first-order valence-corrected chi connectivity index (χ1v) is 7.25. The Morgan fingerprint density at radius 1 is 1.37 bits per heavy atom. The van der Waals surface area contributed by atoms with Crippen LogP contribution in [0.2, 0.25) is 0 Å². The number of carbonyl (C=O) groups is 1. The van der Waals surface area contributed by atoms with Gasteiger partial charge in [0.1, 0.15) is 0 Å². The summed E-state index contributed by atoms with van der Waals surface area (Å²) >= 11 is 0. The Morgan fingerprint density at radius 3 is 2.68 bits per heavy atom. The number of benzene rings is 1. The number of carbonyl (C=O) groups excluding carboxylic acids is 1. The molecule has 1 amide bonds. The molecule has 1 aromatic carbocycles. The largest absolute Gasteiger partial charge is 0.316 e. The summed E-state index contributed by atoms with van der Waals surface area (Å²) < 4.78 is 0. The smallest absolute Gasteiger partial charge is 0.229 e. The molecule has 1 saturated heterocycles. The molecule has 1 unspecified atom stereocenters. The minimum Gasteiger partial charge on any atom is -0.316 e. The van der Waals surface area contributed by atoms with E-state index in [9.17, 15) is 4.79 Å². The van der Waals surface area contributed by atoms with Gasteiger partial charge in [0.2, 0.25) is 5.91 Å². The molecule has 3 nitrogen and oxygen atoms in total. The molecule has 1 aromatic rings. The van der Waals surface area contributed by atoms with Crippen LogP contribution < -0.4 is 10.2 Å². The van der Waals surface area contributed by atoms with Crippen LogP contribution in [0.5, 0.6) is 0 Å². The molecule has 3 heteroatoms. The van der Waals surface area contributed by atoms with E-state index in [4.69, 9.17) is 0 Å². The number of piperidine rings is 1. The number of nitrogens with one attached hydrogen (secondary N) is 1. The third kappa shape index (κ3) is 3.80. The van der Waals surface area contributed by atoms with Gasteiger partial charge < -0.3 is 10.2 Å². The van der Waals surface area contributed by atoms with E-state index in [0.717, 1.165) is 25.3 Å². The van der Waals surface area contributed by atoms with Crippen LogP contribution in [0.15, 0.2) is 30.3 Å². The standard InChI is InChI=1S/C16H24N2O/c1-13(2)16(19)18(15-8-4-3-5-9-15)12-14-7-6-10-17-11-14/h3-5,8-9,13-14,17H,6-7,10-12H2,1-2H3. The highest BCUT2D eigenvalue weighted by atomic mass is 16.2. The number of rotatable bonds is 4. The SMILES string of the molecule is CC(C)C(=O)N(CC1CCCNC1)c1ccccc1. The van der Waals surface area contributed by atoms with Crippen LogP contribution in [0.3, 0.4) is 0 Å². The quantitative estimate of drug-likeness (QED) is 0.902. The molecule has 0 spiro atoms. The molecule has 1 aliphatic heterocycles. The van der Waals surface area contributed by atoms with Gasteiger partial charge in [-0.15, -0.1) is 0 Å². The summed E-state index contributed by atoms with van der Waals surface area (Å²) in [4.78, 5) is 14.4. The first-order chi connectivity index (χ1) is 9.18. The molecular weight excluding hydrogens is 236 g/mol. The summed E-state index contributed by atoms with van der Waals surface area (Å²) in [5.41, 5.74) is 1.02. The minimum absolute atomic E-state index is 0.0387. The zero-order chi connectivity index (χ0) is 13.7. The van der Waals surface area contributed by atoms with Crippen molar-refractivity contribution in [1.29, 1.82) is 0 Å². The Hall–Kier alpha value is -1.35. The van der Waals surface area contributed by atoms with Crippen molar-refractivity contribution >= 4 is 11.6 Å². The normalized spacial score (nSPS) is 19.4. The van der Waals surface area contributed by atoms with E-state index in [-0.39, 0.29) is 11.8 Å². The van der Waals surface area contributed by atoms with E-state index in [0.29, 0.717) is 5.92 Å². The molecule has 1 N–H and O–H groups in total. The molecular formula is C16H24N2O. The van der Waals surface area contributed by atoms with E-state index in [2.05, 4.69) is 5.32 Å². The average molecular weight is 260 g/mol. The van der Waals surface area contributed by atoms with Crippen molar-refractivity contribution < 1.29 is 4.79 Å². The minimum atomic E-state index is 0.0387. The van der Waals surface area contributed by atoms with E-state index in [1.807, 2.05) is 49.1 Å². The molecule has 0 aromatic heterocycles. The van der Waals surface area contributed by atoms with Crippen LogP contribution in [-0.4, -0.2) is 25.5 Å². The lowest BCUT2D eigenvalue weighted by molar-refractivity contribution is -0.121. The number of anilines is 1. The predicted molar refractivity (Wildman–Crippen MR) is 79.2 cm³/mol. The average Bonchev–Trinajstić information content (AvgIpc) is 2.46. The monoisotopic (exact) mass is 260 g/mol. The van der Waals surface area contributed by atoms with Crippen molar-refractivity contribution in [3.8, 4) is 0 Å². The zero-order valence-electron chi connectivity index (χ0n) is 11.9. The van der Waals surface area contributed by atoms with E-state index >= 15 is 0 Å². The summed E-state index contributed by atoms with van der Waals surface area (Å²) in [6, 6.07) is 10.0. The van der Waals surface area contributed by atoms with Crippen LogP contribution >= 0.6 is 0 Å². The number of hydrogen-bond donors (Lipinski definition) is 1. The Labute approximate surface area is 116 Å². The molecule has 0 radical (unpaired) electrons. The highest BCUT2D eigenvalue weighted by molar-refractivity contribution is 5.94. The van der Waals surface area contributed by atoms with Gasteiger partial charge in [-0.25, -0.2) is 0 Å². The summed E-state index contributed by atoms with van der Waals surface area (Å²) in [6.07, 6.45) is 2.42. The van der Waals surface area contributed by atoms with Crippen LogP contribution in [0.4, 0.5) is 5.69 Å². The van der Waals surface area contributed by atoms with Crippen molar-refractivity contribution in [1.82, 2.24) is 5.32 Å². The molecule has 1 atom stereocenters. The van der Waals surface area contributed by atoms with Crippen molar-refractivity contribution in [2.45, 2.75) is 26.7 Å². The maximum absolute atomic E-state index is 12.4. The molecule has 1 fully saturated rings. The van der Waals surface area contributed by atoms with Crippen molar-refractivity contribution in [2.24, 2.45) is 11.8 Å². The molecule has 1 heterocycles. The zero-order valence-corrected chi connectivity index (χ0v) is 11.9. The topological polar surface area (TPSA) is 32.3 Å². The van der Waals surface area contributed by atoms with Crippen LogP contribution in [-0.2, 0) is 4.79 Å². The number of hydrogen-bond acceptors (Lipinski definition) is 2. The first-order valence-electron chi connectivity index (χ1n) is 7.25. The lowest BCUT2D eigenvalue weighted by Gasteiger charge is -2.31. The maximum Gasteiger partial charge on any atom is 0.229 e. The highest BCUT2D eigenvalue weighted by Crippen LogP contribution is 2.20. The van der Waals surface area contributed by atoms with Gasteiger partial charge in [0, 0.05) is 18.2 Å². The van der Waals surface area contributed by atoms with Crippen molar-refractivity contribution in [2.75, 3.05) is 24.5 Å². The van der Waals surface area contributed by atoms with Gasteiger partial charge in [0.25, 0.3) is 0 Å². The Bertz CT molecular complexity index is 396. The molecule has 0 aliphatic carbocycles. The lowest BCUT2D eigenvalue weighted by Crippen LogP contribution is -2.42. The number of amides is 1. The first kappa shape index (κ1) is 14.1. The highest BCUT2D eigenvalue weighted by Gasteiger charge is 2.23. The van der Waals surface area contributed by atoms with Gasteiger partial charge in [-0.3, -0.25) is 4.79 Å². The fraction of sp³-hybridized carbons (Fsp3) is 0.562. The van der Waals surface area contributed by atoms with Crippen molar-refractivity contribution in [3.63, 3.8) is 0 Å². The summed E-state index contributed by atoms with van der Waals surface area (Å²) in [7, 11) is 0. The second kappa shape index (κ2) is 6.71. The van der Waals surface area contributed by atoms with Gasteiger partial charge in [0.15, 0.2) is 0 Å². The molecule has 0 saturated carbocycles. The summed E-state index contributed by atoms with van der Waals surface area (Å²) in [5.74, 6) is 0.824. The van der Waals surface area contributed by atoms with Crippen LogP contribution in [0.1, 0.15) is 26.7 Å². The molecule has 1 aliphatic rings. The maximum atomic E-state index is 12.4. The predicted octanol–water partition coefficient (Wildman–Crippen LogP) is 2.68. The third-order valence-corrected chi connectivity index (χ3v) is 3.67. The molecule has 19 heavy (non-hydrogen) atoms. The van der Waals surface area contributed by atoms with E-state index < -0.39 is 0 Å². The fourth-order valence-electron chi connectivity index (χ4n) is 2.58. The second-order valence-corrected chi connectivity index (χ2v) is 5.65. The number of nitrogens with zero attached hydrogens (tertiary/aromatic N) is 1. The van der Waals surface area contributed by atoms with Gasteiger partial charge in [-0.2, -0.15) is 0 Å². The molecule has 2 rings (SSSR count). The van der Waals surface area contributed by atoms with Gasteiger partial charge >= 0.3 is 0 Å². The lowest BCUT2D eigenvalue weighted by atomic mass is 9.98. The van der Waals surface area contributed by atoms with Crippen LogP contribution in [0, 0.1) is 11.8 Å². The summed E-state index contributed by atoms with van der Waals surface area (Å²) in [6.45, 7) is 6.90. The Kier molecular flexibility index (Phi) is 4.97. The van der Waals surface area contributed by atoms with E-state index in [1.165, 1.54) is 12.8 Å². The Balaban J connectivity index is 2.12. The van der Waals surface area contributed by atoms with Crippen LogP contribution in [0.25, 0.3) is 0 Å².